The van der Waals surface area contributed by atoms with E-state index >= 15 is 0 Å². The fourth-order valence-corrected chi connectivity index (χ4v) is 4.83. The van der Waals surface area contributed by atoms with Crippen LogP contribution in [0.4, 0.5) is 0 Å². The number of hydrogen-bond donors (Lipinski definition) is 0. The molecule has 0 radical (unpaired) electrons. The molecule has 0 aromatic rings. The maximum atomic E-state index is 2.41. The van der Waals surface area contributed by atoms with Gasteiger partial charge in [-0.2, -0.15) is 0 Å². The molecule has 0 spiro atoms. The third-order valence-electron chi connectivity index (χ3n) is 6.66. The highest BCUT2D eigenvalue weighted by Gasteiger charge is 2.25. The Morgan fingerprint density at radius 1 is 0.310 bits per heavy atom. The van der Waals surface area contributed by atoms with Crippen LogP contribution in [0.3, 0.4) is 0 Å². The summed E-state index contributed by atoms with van der Waals surface area (Å²) in [5.41, 5.74) is 0. The van der Waals surface area contributed by atoms with Gasteiger partial charge in [-0.25, -0.2) is 0 Å². The molecule has 0 saturated carbocycles. The number of nitrogens with zero attached hydrogens (tertiary/aromatic N) is 1. The lowest BCUT2D eigenvalue weighted by atomic mass is 10.1. The highest BCUT2D eigenvalue weighted by molar-refractivity contribution is 4.53. The van der Waals surface area contributed by atoms with Gasteiger partial charge in [0, 0.05) is 0 Å². The SMILES string of the molecule is CCCCCCCC[N+](CCC)(CCCCCCCC)CCCCCCCC.[I-]. The van der Waals surface area contributed by atoms with Crippen LogP contribution in [0.1, 0.15) is 150 Å². The van der Waals surface area contributed by atoms with Crippen LogP contribution in [0.2, 0.25) is 0 Å². The smallest absolute Gasteiger partial charge is 0.0786 e. The number of quaternary nitrogens is 1. The number of hydrogen-bond acceptors (Lipinski definition) is 0. The first-order valence-electron chi connectivity index (χ1n) is 13.6. The zero-order chi connectivity index (χ0) is 20.8. The molecule has 0 amide bonds. The second-order valence-electron chi connectivity index (χ2n) is 9.54. The fraction of sp³-hybridized carbons (Fsp3) is 1.00. The highest BCUT2D eigenvalue weighted by atomic mass is 127. The van der Waals surface area contributed by atoms with Gasteiger partial charge < -0.3 is 28.5 Å². The van der Waals surface area contributed by atoms with Gasteiger partial charge in [-0.05, 0) is 44.9 Å². The van der Waals surface area contributed by atoms with Crippen molar-refractivity contribution in [2.24, 2.45) is 0 Å². The lowest BCUT2D eigenvalue weighted by molar-refractivity contribution is -0.929. The number of unbranched alkanes of at least 4 members (excludes halogenated alkanes) is 15. The van der Waals surface area contributed by atoms with E-state index in [1.807, 2.05) is 0 Å². The van der Waals surface area contributed by atoms with Gasteiger partial charge in [-0.1, -0.05) is 105 Å². The minimum atomic E-state index is 0. The Morgan fingerprint density at radius 2 is 0.586 bits per heavy atom. The van der Waals surface area contributed by atoms with Crippen molar-refractivity contribution in [1.29, 1.82) is 0 Å². The highest BCUT2D eigenvalue weighted by Crippen LogP contribution is 2.19. The average molecular weight is 524 g/mol. The fourth-order valence-electron chi connectivity index (χ4n) is 4.83. The van der Waals surface area contributed by atoms with E-state index in [1.54, 1.807) is 0 Å². The normalized spacial score (nSPS) is 11.6. The molecule has 0 bridgehead atoms. The lowest BCUT2D eigenvalue weighted by Crippen LogP contribution is -3.00. The molecule has 0 aliphatic carbocycles. The molecular weight excluding hydrogens is 465 g/mol. The van der Waals surface area contributed by atoms with Gasteiger partial charge in [0.2, 0.25) is 0 Å². The Bertz CT molecular complexity index is 251. The molecule has 0 unspecified atom stereocenters. The van der Waals surface area contributed by atoms with Crippen LogP contribution in [-0.2, 0) is 0 Å². The van der Waals surface area contributed by atoms with Gasteiger partial charge in [-0.3, -0.25) is 0 Å². The second kappa shape index (κ2) is 25.0. The van der Waals surface area contributed by atoms with Gasteiger partial charge in [0.25, 0.3) is 0 Å². The summed E-state index contributed by atoms with van der Waals surface area (Å²) in [6.07, 6.45) is 27.3. The van der Waals surface area contributed by atoms with Crippen LogP contribution in [0.15, 0.2) is 0 Å². The molecule has 29 heavy (non-hydrogen) atoms. The molecule has 0 aliphatic heterocycles. The molecule has 0 saturated heterocycles. The lowest BCUT2D eigenvalue weighted by Gasteiger charge is -2.39. The maximum absolute atomic E-state index is 2.41. The zero-order valence-corrected chi connectivity index (χ0v) is 23.2. The van der Waals surface area contributed by atoms with Crippen molar-refractivity contribution in [1.82, 2.24) is 0 Å². The van der Waals surface area contributed by atoms with Crippen molar-refractivity contribution in [3.8, 4) is 0 Å². The van der Waals surface area contributed by atoms with Crippen LogP contribution >= 0.6 is 0 Å². The summed E-state index contributed by atoms with van der Waals surface area (Å²) >= 11 is 0. The van der Waals surface area contributed by atoms with Crippen LogP contribution in [0.5, 0.6) is 0 Å². The third kappa shape index (κ3) is 20.4. The van der Waals surface area contributed by atoms with E-state index in [4.69, 9.17) is 0 Å². The average Bonchev–Trinajstić information content (AvgIpc) is 2.70. The Balaban J connectivity index is 0. The molecule has 0 aliphatic rings. The summed E-state index contributed by atoms with van der Waals surface area (Å²) in [5.74, 6) is 0. The Morgan fingerprint density at radius 3 is 0.862 bits per heavy atom. The van der Waals surface area contributed by atoms with Crippen LogP contribution in [0, 0.1) is 0 Å². The van der Waals surface area contributed by atoms with Crippen molar-refractivity contribution in [2.45, 2.75) is 150 Å². The van der Waals surface area contributed by atoms with Crippen molar-refractivity contribution >= 4 is 0 Å². The van der Waals surface area contributed by atoms with E-state index in [0.717, 1.165) is 0 Å². The minimum absolute atomic E-state index is 0. The summed E-state index contributed by atoms with van der Waals surface area (Å²) in [5, 5.41) is 0. The molecular formula is C27H58IN. The molecule has 0 aromatic carbocycles. The second-order valence-corrected chi connectivity index (χ2v) is 9.54. The summed E-state index contributed by atoms with van der Waals surface area (Å²) in [6, 6.07) is 0. The van der Waals surface area contributed by atoms with Gasteiger partial charge in [0.1, 0.15) is 0 Å². The Hall–Kier alpha value is 0.690. The topological polar surface area (TPSA) is 0 Å². The quantitative estimate of drug-likeness (QED) is 0.0838. The van der Waals surface area contributed by atoms with Crippen molar-refractivity contribution in [3.63, 3.8) is 0 Å². The van der Waals surface area contributed by atoms with E-state index in [-0.39, 0.29) is 24.0 Å². The van der Waals surface area contributed by atoms with Gasteiger partial charge in [0.05, 0.1) is 26.2 Å². The summed E-state index contributed by atoms with van der Waals surface area (Å²) in [7, 11) is 0. The molecule has 1 nitrogen and oxygen atoms in total. The van der Waals surface area contributed by atoms with E-state index < -0.39 is 0 Å². The maximum Gasteiger partial charge on any atom is 0.0786 e. The molecule has 0 N–H and O–H groups in total. The largest absolute Gasteiger partial charge is 1.00 e. The first-order chi connectivity index (χ1) is 13.7. The van der Waals surface area contributed by atoms with Gasteiger partial charge >= 0.3 is 0 Å². The standard InChI is InChI=1S/C27H58N.HI/c1-5-9-12-15-18-21-25-28(24-8-4,26-22-19-16-13-10-6-2)27-23-20-17-14-11-7-3;/h5-27H2,1-4H3;1H/q+1;/p-1. The van der Waals surface area contributed by atoms with E-state index in [9.17, 15) is 0 Å². The molecule has 0 rings (SSSR count). The number of halogens is 1. The first-order valence-corrected chi connectivity index (χ1v) is 13.6. The predicted molar refractivity (Wildman–Crippen MR) is 130 cm³/mol. The number of rotatable bonds is 23. The van der Waals surface area contributed by atoms with Gasteiger partial charge in [0.15, 0.2) is 0 Å². The van der Waals surface area contributed by atoms with Crippen molar-refractivity contribution < 1.29 is 28.5 Å². The monoisotopic (exact) mass is 523 g/mol. The van der Waals surface area contributed by atoms with E-state index in [0.29, 0.717) is 0 Å². The zero-order valence-electron chi connectivity index (χ0n) is 21.1. The molecule has 0 heterocycles. The predicted octanol–water partition coefficient (Wildman–Crippen LogP) is 6.30. The van der Waals surface area contributed by atoms with Crippen LogP contribution < -0.4 is 24.0 Å². The summed E-state index contributed by atoms with van der Waals surface area (Å²) in [6.45, 7) is 15.2. The van der Waals surface area contributed by atoms with Crippen molar-refractivity contribution in [3.05, 3.63) is 0 Å². The molecule has 178 valence electrons. The Labute approximate surface area is 203 Å². The van der Waals surface area contributed by atoms with Crippen LogP contribution in [-0.4, -0.2) is 30.7 Å². The molecule has 0 aromatic heterocycles. The van der Waals surface area contributed by atoms with Crippen molar-refractivity contribution in [2.75, 3.05) is 26.2 Å². The molecule has 2 heteroatoms. The molecule has 0 atom stereocenters. The van der Waals surface area contributed by atoms with Gasteiger partial charge in [-0.15, -0.1) is 0 Å². The third-order valence-corrected chi connectivity index (χ3v) is 6.66. The minimum Gasteiger partial charge on any atom is -1.00 e. The first kappa shape index (κ1) is 31.9. The van der Waals surface area contributed by atoms with Crippen LogP contribution in [0.25, 0.3) is 0 Å². The Kier molecular flexibility index (Phi) is 27.4. The molecule has 0 fully saturated rings. The summed E-state index contributed by atoms with van der Waals surface area (Å²) in [4.78, 5) is 0. The van der Waals surface area contributed by atoms with E-state index in [1.165, 1.54) is 153 Å². The summed E-state index contributed by atoms with van der Waals surface area (Å²) < 4.78 is 1.45. The van der Waals surface area contributed by atoms with E-state index in [2.05, 4.69) is 27.7 Å².